The number of rotatable bonds is 7. The molecule has 3 atom stereocenters. The molecule has 0 radical (unpaired) electrons. The third-order valence-corrected chi connectivity index (χ3v) is 7.72. The highest BCUT2D eigenvalue weighted by molar-refractivity contribution is 5.94. The number of aromatic nitrogens is 6. The lowest BCUT2D eigenvalue weighted by molar-refractivity contribution is -0.114. The lowest BCUT2D eigenvalue weighted by atomic mass is 10.0. The first-order valence-electron chi connectivity index (χ1n) is 13.4. The molecule has 1 saturated heterocycles. The molecule has 1 aliphatic heterocycles. The summed E-state index contributed by atoms with van der Waals surface area (Å²) in [5.41, 5.74) is 3.89. The van der Waals surface area contributed by atoms with E-state index in [1.54, 1.807) is 43.6 Å². The number of carbonyl (C=O) groups excluding carboxylic acids is 2. The summed E-state index contributed by atoms with van der Waals surface area (Å²) in [4.78, 5) is 37.3. The average Bonchev–Trinajstić information content (AvgIpc) is 3.41. The number of benzene rings is 2. The molecular formula is C29H27N9O3. The van der Waals surface area contributed by atoms with E-state index in [1.807, 2.05) is 18.2 Å². The Bertz CT molecular complexity index is 1750. The maximum absolute atomic E-state index is 13.2. The summed E-state index contributed by atoms with van der Waals surface area (Å²) in [6.07, 6.45) is 1.58. The van der Waals surface area contributed by atoms with E-state index in [1.165, 1.54) is 11.7 Å². The number of hydrogen-bond acceptors (Lipinski definition) is 9. The van der Waals surface area contributed by atoms with Gasteiger partial charge in [0.25, 0.3) is 5.91 Å². The number of pyridine rings is 1. The van der Waals surface area contributed by atoms with Gasteiger partial charge in [-0.25, -0.2) is 4.98 Å². The van der Waals surface area contributed by atoms with Crippen molar-refractivity contribution in [2.75, 3.05) is 18.4 Å². The maximum Gasteiger partial charge on any atom is 0.270 e. The van der Waals surface area contributed by atoms with E-state index in [-0.39, 0.29) is 23.9 Å². The molecule has 0 bridgehead atoms. The molecule has 206 valence electrons. The lowest BCUT2D eigenvalue weighted by Gasteiger charge is -2.28. The fourth-order valence-electron chi connectivity index (χ4n) is 5.80. The van der Waals surface area contributed by atoms with Gasteiger partial charge in [-0.2, -0.15) is 4.80 Å². The summed E-state index contributed by atoms with van der Waals surface area (Å²) in [5.74, 6) is 1.35. The Balaban J connectivity index is 1.03. The van der Waals surface area contributed by atoms with Gasteiger partial charge in [0.05, 0.1) is 13.1 Å². The largest absolute Gasteiger partial charge is 0.436 e. The normalized spacial score (nSPS) is 20.5. The molecule has 1 aliphatic carbocycles. The van der Waals surface area contributed by atoms with Crippen LogP contribution in [0.15, 0.2) is 71.3 Å². The SMILES string of the molecule is CC(=O)Nc1ccc2oc(-c3ccnc(C(=O)NC4C5CN(C(c6ccccc6)c6nnn(C)n6)CC54)c3)nc2c1. The summed E-state index contributed by atoms with van der Waals surface area (Å²) in [6.45, 7) is 3.10. The maximum atomic E-state index is 13.2. The summed E-state index contributed by atoms with van der Waals surface area (Å²) in [7, 11) is 1.77. The Kier molecular flexibility index (Phi) is 6.04. The minimum Gasteiger partial charge on any atom is -0.436 e. The molecule has 2 fully saturated rings. The van der Waals surface area contributed by atoms with Crippen molar-refractivity contribution in [3.8, 4) is 11.5 Å². The van der Waals surface area contributed by atoms with Crippen molar-refractivity contribution in [1.29, 1.82) is 0 Å². The Hall–Kier alpha value is -4.97. The van der Waals surface area contributed by atoms with Crippen LogP contribution in [0.3, 0.4) is 0 Å². The molecular weight excluding hydrogens is 522 g/mol. The van der Waals surface area contributed by atoms with E-state index in [9.17, 15) is 9.59 Å². The first-order valence-corrected chi connectivity index (χ1v) is 13.4. The van der Waals surface area contributed by atoms with Gasteiger partial charge in [0.2, 0.25) is 11.8 Å². The van der Waals surface area contributed by atoms with Crippen LogP contribution in [0.2, 0.25) is 0 Å². The molecule has 5 aromatic rings. The number of aryl methyl sites for hydroxylation is 1. The third kappa shape index (κ3) is 4.82. The van der Waals surface area contributed by atoms with Crippen molar-refractivity contribution in [3.05, 3.63) is 83.9 Å². The molecule has 4 heterocycles. The van der Waals surface area contributed by atoms with Gasteiger partial charge in [0.15, 0.2) is 11.4 Å². The number of anilines is 1. The second-order valence-corrected chi connectivity index (χ2v) is 10.5. The fourth-order valence-corrected chi connectivity index (χ4v) is 5.80. The van der Waals surface area contributed by atoms with Crippen molar-refractivity contribution < 1.29 is 14.0 Å². The minimum absolute atomic E-state index is 0.0852. The number of carbonyl (C=O) groups is 2. The van der Waals surface area contributed by atoms with E-state index < -0.39 is 0 Å². The molecule has 12 nitrogen and oxygen atoms in total. The standard InChI is InChI=1S/C29H27N9O3/c1-16(39)31-19-8-9-24-22(13-19)32-29(41-24)18-10-11-30-23(12-18)28(40)33-25-20-14-38(15-21(20)25)26(17-6-4-3-5-7-17)27-34-36-37(2)35-27/h3-13,20-21,25-26H,14-15H2,1-2H3,(H,31,39)(H,33,40). The van der Waals surface area contributed by atoms with E-state index >= 15 is 0 Å². The van der Waals surface area contributed by atoms with E-state index in [4.69, 9.17) is 4.42 Å². The van der Waals surface area contributed by atoms with Crippen LogP contribution in [0.25, 0.3) is 22.6 Å². The quantitative estimate of drug-likeness (QED) is 0.313. The predicted octanol–water partition coefficient (Wildman–Crippen LogP) is 2.82. The molecule has 2 N–H and O–H groups in total. The van der Waals surface area contributed by atoms with Crippen LogP contribution in [0.1, 0.15) is 34.8 Å². The number of piperidine rings is 1. The van der Waals surface area contributed by atoms with E-state index in [2.05, 4.69) is 53.0 Å². The highest BCUT2D eigenvalue weighted by Crippen LogP contribution is 2.48. The van der Waals surface area contributed by atoms with E-state index in [0.717, 1.165) is 18.7 Å². The Labute approximate surface area is 234 Å². The monoisotopic (exact) mass is 549 g/mol. The lowest BCUT2D eigenvalue weighted by Crippen LogP contribution is -2.37. The van der Waals surface area contributed by atoms with Gasteiger partial charge in [0, 0.05) is 43.5 Å². The zero-order chi connectivity index (χ0) is 28.1. The fraction of sp³-hybridized carbons (Fsp3) is 0.276. The molecule has 7 rings (SSSR count). The number of amides is 2. The number of oxazole rings is 1. The van der Waals surface area contributed by atoms with Gasteiger partial charge in [-0.3, -0.25) is 19.5 Å². The molecule has 12 heteroatoms. The van der Waals surface area contributed by atoms with E-state index in [0.29, 0.717) is 51.6 Å². The van der Waals surface area contributed by atoms with Crippen LogP contribution >= 0.6 is 0 Å². The van der Waals surface area contributed by atoms with Gasteiger partial charge in [-0.15, -0.1) is 10.2 Å². The molecule has 0 spiro atoms. The van der Waals surface area contributed by atoms with Gasteiger partial charge >= 0.3 is 0 Å². The van der Waals surface area contributed by atoms with Crippen LogP contribution in [0.4, 0.5) is 5.69 Å². The second-order valence-electron chi connectivity index (χ2n) is 10.5. The zero-order valence-electron chi connectivity index (χ0n) is 22.4. The summed E-state index contributed by atoms with van der Waals surface area (Å²) < 4.78 is 5.91. The Morgan fingerprint density at radius 1 is 1.05 bits per heavy atom. The van der Waals surface area contributed by atoms with Crippen molar-refractivity contribution in [1.82, 2.24) is 40.4 Å². The molecule has 2 amide bonds. The van der Waals surface area contributed by atoms with Crippen LogP contribution in [-0.2, 0) is 11.8 Å². The highest BCUT2D eigenvalue weighted by atomic mass is 16.3. The number of tetrazole rings is 1. The van der Waals surface area contributed by atoms with Crippen molar-refractivity contribution in [2.24, 2.45) is 18.9 Å². The summed E-state index contributed by atoms with van der Waals surface area (Å²) in [6, 6.07) is 18.9. The number of hydrogen-bond donors (Lipinski definition) is 2. The molecule has 3 unspecified atom stereocenters. The number of nitrogens with zero attached hydrogens (tertiary/aromatic N) is 7. The first kappa shape index (κ1) is 25.0. The molecule has 1 saturated carbocycles. The summed E-state index contributed by atoms with van der Waals surface area (Å²) in [5, 5.41) is 18.8. The zero-order valence-corrected chi connectivity index (χ0v) is 22.4. The third-order valence-electron chi connectivity index (χ3n) is 7.72. The van der Waals surface area contributed by atoms with Crippen molar-refractivity contribution in [2.45, 2.75) is 19.0 Å². The van der Waals surface area contributed by atoms with Gasteiger partial charge in [0.1, 0.15) is 11.2 Å². The molecule has 2 aliphatic rings. The summed E-state index contributed by atoms with van der Waals surface area (Å²) >= 11 is 0. The second kappa shape index (κ2) is 9.89. The minimum atomic E-state index is -0.225. The first-order chi connectivity index (χ1) is 19.9. The highest BCUT2D eigenvalue weighted by Gasteiger charge is 2.58. The molecule has 2 aromatic carbocycles. The number of fused-ring (bicyclic) bond motifs is 2. The van der Waals surface area contributed by atoms with Gasteiger partial charge in [-0.1, -0.05) is 30.3 Å². The van der Waals surface area contributed by atoms with Gasteiger partial charge in [-0.05, 0) is 52.9 Å². The average molecular weight is 550 g/mol. The van der Waals surface area contributed by atoms with Crippen LogP contribution in [0, 0.1) is 11.8 Å². The van der Waals surface area contributed by atoms with Crippen molar-refractivity contribution in [3.63, 3.8) is 0 Å². The van der Waals surface area contributed by atoms with Crippen LogP contribution in [-0.4, -0.2) is 66.0 Å². The number of nitrogens with one attached hydrogen (secondary N) is 2. The molecule has 3 aromatic heterocycles. The topological polar surface area (TPSA) is 144 Å². The van der Waals surface area contributed by atoms with Gasteiger partial charge < -0.3 is 15.1 Å². The molecule has 41 heavy (non-hydrogen) atoms. The van der Waals surface area contributed by atoms with Crippen LogP contribution in [0.5, 0.6) is 0 Å². The smallest absolute Gasteiger partial charge is 0.270 e. The predicted molar refractivity (Wildman–Crippen MR) is 148 cm³/mol. The number of likely N-dealkylation sites (tertiary alicyclic amines) is 1. The Morgan fingerprint density at radius 3 is 2.59 bits per heavy atom. The van der Waals surface area contributed by atoms with Crippen LogP contribution < -0.4 is 10.6 Å². The van der Waals surface area contributed by atoms with Crippen molar-refractivity contribution >= 4 is 28.6 Å². The Morgan fingerprint density at radius 2 is 1.85 bits per heavy atom.